The van der Waals surface area contributed by atoms with Crippen molar-refractivity contribution in [2.75, 3.05) is 44.3 Å². The third kappa shape index (κ3) is 6.04. The summed E-state index contributed by atoms with van der Waals surface area (Å²) in [4.78, 5) is 21.4. The largest absolute Gasteiger partial charge is 0.488 e. The monoisotopic (exact) mass is 569 g/mol. The zero-order valence-corrected chi connectivity index (χ0v) is 25.1. The van der Waals surface area contributed by atoms with E-state index in [1.165, 1.54) is 22.3 Å². The summed E-state index contributed by atoms with van der Waals surface area (Å²) >= 11 is 0. The molecular formula is C35H43N3O4. The van der Waals surface area contributed by atoms with E-state index in [1.807, 2.05) is 31.2 Å². The second-order valence-corrected chi connectivity index (χ2v) is 12.4. The van der Waals surface area contributed by atoms with Gasteiger partial charge in [0.2, 0.25) is 0 Å². The number of hydrogen-bond acceptors (Lipinski definition) is 6. The number of hydrogen-bond donors (Lipinski definition) is 1. The number of pyridine rings is 1. The third-order valence-electron chi connectivity index (χ3n) is 9.61. The van der Waals surface area contributed by atoms with Crippen LogP contribution in [0.25, 0.3) is 11.3 Å². The van der Waals surface area contributed by atoms with Crippen LogP contribution in [0.2, 0.25) is 0 Å². The molecule has 4 heterocycles. The molecule has 7 heteroatoms. The number of nitrogens with zero attached hydrogens (tertiary/aromatic N) is 3. The van der Waals surface area contributed by atoms with Gasteiger partial charge in [0, 0.05) is 51.0 Å². The van der Waals surface area contributed by atoms with Crippen molar-refractivity contribution in [1.29, 1.82) is 0 Å². The molecule has 3 aromatic rings. The Bertz CT molecular complexity index is 1430. The number of ether oxygens (including phenoxy) is 2. The van der Waals surface area contributed by atoms with Crippen molar-refractivity contribution < 1.29 is 19.4 Å². The first-order valence-electron chi connectivity index (χ1n) is 15.5. The molecule has 0 saturated carbocycles. The molecule has 0 unspecified atom stereocenters. The highest BCUT2D eigenvalue weighted by atomic mass is 16.5. The average molecular weight is 570 g/mol. The van der Waals surface area contributed by atoms with Crippen LogP contribution >= 0.6 is 0 Å². The van der Waals surface area contributed by atoms with Gasteiger partial charge in [-0.25, -0.2) is 4.98 Å². The van der Waals surface area contributed by atoms with Gasteiger partial charge >= 0.3 is 5.97 Å². The summed E-state index contributed by atoms with van der Waals surface area (Å²) in [7, 11) is 0. The number of anilines is 1. The third-order valence-corrected chi connectivity index (χ3v) is 9.61. The number of rotatable bonds is 7. The molecule has 0 spiro atoms. The Morgan fingerprint density at radius 3 is 2.64 bits per heavy atom. The van der Waals surface area contributed by atoms with Gasteiger partial charge in [-0.2, -0.15) is 0 Å². The molecule has 7 nitrogen and oxygen atoms in total. The average Bonchev–Trinajstić information content (AvgIpc) is 3.26. The minimum atomic E-state index is -0.736. The van der Waals surface area contributed by atoms with Gasteiger partial charge in [-0.1, -0.05) is 36.8 Å². The number of carboxylic acid groups (broad SMARTS) is 1. The highest BCUT2D eigenvalue weighted by Gasteiger charge is 2.35. The molecule has 3 aliphatic heterocycles. The fraction of sp³-hybridized carbons (Fsp3) is 0.486. The molecule has 3 aliphatic rings. The number of aryl methyl sites for hydroxylation is 1. The number of aromatic nitrogens is 1. The highest BCUT2D eigenvalue weighted by molar-refractivity contribution is 5.73. The van der Waals surface area contributed by atoms with Crippen LogP contribution in [0.3, 0.4) is 0 Å². The van der Waals surface area contributed by atoms with Gasteiger partial charge in [-0.3, -0.25) is 9.69 Å². The Morgan fingerprint density at radius 2 is 1.86 bits per heavy atom. The number of carboxylic acids is 1. The molecule has 6 rings (SSSR count). The molecular weight excluding hydrogens is 526 g/mol. The van der Waals surface area contributed by atoms with Crippen molar-refractivity contribution in [2.24, 2.45) is 11.8 Å². The second kappa shape index (κ2) is 12.4. The van der Waals surface area contributed by atoms with E-state index < -0.39 is 5.97 Å². The van der Waals surface area contributed by atoms with Gasteiger partial charge in [-0.05, 0) is 92.0 Å². The summed E-state index contributed by atoms with van der Waals surface area (Å²) in [6.07, 6.45) is 4.47. The van der Waals surface area contributed by atoms with Gasteiger partial charge < -0.3 is 19.5 Å². The fourth-order valence-corrected chi connectivity index (χ4v) is 7.00. The lowest BCUT2D eigenvalue weighted by atomic mass is 9.94. The summed E-state index contributed by atoms with van der Waals surface area (Å²) in [5.41, 5.74) is 8.48. The van der Waals surface area contributed by atoms with E-state index in [0.29, 0.717) is 25.7 Å². The Kier molecular flexibility index (Phi) is 8.50. The zero-order valence-electron chi connectivity index (χ0n) is 25.1. The minimum absolute atomic E-state index is 0.0832. The molecule has 222 valence electrons. The predicted octanol–water partition coefficient (Wildman–Crippen LogP) is 5.68. The number of aliphatic carboxylic acids is 1. The predicted molar refractivity (Wildman–Crippen MR) is 165 cm³/mol. The topological polar surface area (TPSA) is 75.1 Å². The van der Waals surface area contributed by atoms with Crippen molar-refractivity contribution in [1.82, 2.24) is 9.88 Å². The van der Waals surface area contributed by atoms with Gasteiger partial charge in [0.15, 0.2) is 0 Å². The first-order valence-corrected chi connectivity index (χ1v) is 15.5. The van der Waals surface area contributed by atoms with Crippen molar-refractivity contribution in [3.05, 3.63) is 76.3 Å². The molecule has 1 aromatic heterocycles. The number of carbonyl (C=O) groups is 1. The summed E-state index contributed by atoms with van der Waals surface area (Å²) < 4.78 is 12.1. The van der Waals surface area contributed by atoms with E-state index in [-0.39, 0.29) is 11.8 Å². The summed E-state index contributed by atoms with van der Waals surface area (Å²) in [5.74, 6) is 0.595. The van der Waals surface area contributed by atoms with Gasteiger partial charge in [0.25, 0.3) is 0 Å². The minimum Gasteiger partial charge on any atom is -0.488 e. The standard InChI is InChI=1S/C35H43N3O4/c1-23-7-10-33(30(19-23)32-5-4-6-34(36-32)38-20-24(2)31(21-38)35(39)40)42-22-27-9-8-26-11-15-37(16-12-29(26)25(27)3)28-13-17-41-18-14-28/h4-10,19,24,28,31H,11-18,20-22H2,1-3H3,(H,39,40)/t24-,31-/m0/s1. The van der Waals surface area contributed by atoms with E-state index in [2.05, 4.69) is 47.9 Å². The number of fused-ring (bicyclic) bond motifs is 1. The Labute approximate surface area is 249 Å². The molecule has 2 atom stereocenters. The van der Waals surface area contributed by atoms with Gasteiger partial charge in [0.05, 0.1) is 11.6 Å². The van der Waals surface area contributed by atoms with Crippen molar-refractivity contribution in [2.45, 2.75) is 59.1 Å². The summed E-state index contributed by atoms with van der Waals surface area (Å²) in [5, 5.41) is 9.60. The SMILES string of the molecule is Cc1ccc(OCc2ccc3c(c2C)CCN(C2CCOCC2)CC3)c(-c2cccc(N3C[C@H](C(=O)O)[C@@H](C)C3)n2)c1. The van der Waals surface area contributed by atoms with Crippen LogP contribution in [-0.2, 0) is 29.0 Å². The van der Waals surface area contributed by atoms with E-state index in [4.69, 9.17) is 14.5 Å². The maximum absolute atomic E-state index is 11.7. The molecule has 2 fully saturated rings. The number of benzene rings is 2. The molecule has 0 amide bonds. The zero-order chi connectivity index (χ0) is 29.2. The van der Waals surface area contributed by atoms with Crippen molar-refractivity contribution in [3.63, 3.8) is 0 Å². The first-order chi connectivity index (χ1) is 20.4. The van der Waals surface area contributed by atoms with Crippen LogP contribution in [0.15, 0.2) is 48.5 Å². The maximum Gasteiger partial charge on any atom is 0.308 e. The second-order valence-electron chi connectivity index (χ2n) is 12.4. The van der Waals surface area contributed by atoms with Crippen molar-refractivity contribution in [3.8, 4) is 17.0 Å². The summed E-state index contributed by atoms with van der Waals surface area (Å²) in [6, 6.07) is 17.5. The smallest absolute Gasteiger partial charge is 0.308 e. The normalized spacial score (nSPS) is 21.6. The Balaban J connectivity index is 1.19. The Morgan fingerprint density at radius 1 is 1.05 bits per heavy atom. The molecule has 0 radical (unpaired) electrons. The first kappa shape index (κ1) is 28.7. The quantitative estimate of drug-likeness (QED) is 0.392. The van der Waals surface area contributed by atoms with E-state index in [0.717, 1.165) is 80.4 Å². The van der Waals surface area contributed by atoms with Crippen LogP contribution in [-0.4, -0.2) is 66.4 Å². The van der Waals surface area contributed by atoms with Gasteiger partial charge in [-0.15, -0.1) is 0 Å². The highest BCUT2D eigenvalue weighted by Crippen LogP contribution is 2.34. The molecule has 0 aliphatic carbocycles. The summed E-state index contributed by atoms with van der Waals surface area (Å²) in [6.45, 7) is 12.0. The molecule has 0 bridgehead atoms. The lowest BCUT2D eigenvalue weighted by Gasteiger charge is -2.33. The lowest BCUT2D eigenvalue weighted by Crippen LogP contribution is -2.40. The van der Waals surface area contributed by atoms with Gasteiger partial charge in [0.1, 0.15) is 18.2 Å². The Hall–Kier alpha value is -3.42. The lowest BCUT2D eigenvalue weighted by molar-refractivity contribution is -0.142. The molecule has 42 heavy (non-hydrogen) atoms. The molecule has 2 saturated heterocycles. The molecule has 2 aromatic carbocycles. The molecule has 1 N–H and O–H groups in total. The van der Waals surface area contributed by atoms with Crippen LogP contribution in [0, 0.1) is 25.7 Å². The van der Waals surface area contributed by atoms with E-state index in [9.17, 15) is 9.90 Å². The van der Waals surface area contributed by atoms with Crippen LogP contribution in [0.4, 0.5) is 5.82 Å². The fourth-order valence-electron chi connectivity index (χ4n) is 7.00. The van der Waals surface area contributed by atoms with Crippen molar-refractivity contribution >= 4 is 11.8 Å². The van der Waals surface area contributed by atoms with Crippen LogP contribution < -0.4 is 9.64 Å². The van der Waals surface area contributed by atoms with Crippen LogP contribution in [0.1, 0.15) is 47.6 Å². The van der Waals surface area contributed by atoms with Crippen LogP contribution in [0.5, 0.6) is 5.75 Å². The maximum atomic E-state index is 11.7. The van der Waals surface area contributed by atoms with E-state index >= 15 is 0 Å². The van der Waals surface area contributed by atoms with E-state index in [1.54, 1.807) is 0 Å².